The molecule has 1 amide bonds. The van der Waals surface area contributed by atoms with Gasteiger partial charge >= 0.3 is 0 Å². The maximum absolute atomic E-state index is 12.8. The molecule has 0 aliphatic heterocycles. The van der Waals surface area contributed by atoms with Crippen LogP contribution in [-0.2, 0) is 4.79 Å². The summed E-state index contributed by atoms with van der Waals surface area (Å²) < 4.78 is 4.01. The van der Waals surface area contributed by atoms with E-state index in [-0.39, 0.29) is 17.2 Å². The third-order valence-electron chi connectivity index (χ3n) is 5.10. The summed E-state index contributed by atoms with van der Waals surface area (Å²) in [4.78, 5) is 16.9. The monoisotopic (exact) mass is 411 g/mol. The Morgan fingerprint density at radius 1 is 1.21 bits per heavy atom. The number of nitrogens with zero attached hydrogens (tertiary/aromatic N) is 6. The van der Waals surface area contributed by atoms with Crippen molar-refractivity contribution >= 4 is 23.5 Å². The molecule has 0 aromatic carbocycles. The van der Waals surface area contributed by atoms with Gasteiger partial charge in [-0.3, -0.25) is 14.3 Å². The number of carbonyl (C=O) groups is 1. The van der Waals surface area contributed by atoms with E-state index in [0.29, 0.717) is 6.04 Å². The maximum atomic E-state index is 12.8. The fourth-order valence-electron chi connectivity index (χ4n) is 3.09. The van der Waals surface area contributed by atoms with Crippen LogP contribution >= 0.6 is 11.8 Å². The van der Waals surface area contributed by atoms with Crippen molar-refractivity contribution in [1.82, 2.24) is 29.5 Å². The molecular formula is C20H25N7OS. The Morgan fingerprint density at radius 3 is 2.66 bits per heavy atom. The van der Waals surface area contributed by atoms with Gasteiger partial charge < -0.3 is 5.32 Å². The highest BCUT2D eigenvalue weighted by atomic mass is 32.2. The van der Waals surface area contributed by atoms with E-state index in [4.69, 9.17) is 0 Å². The van der Waals surface area contributed by atoms with Crippen LogP contribution < -0.4 is 5.32 Å². The van der Waals surface area contributed by atoms with Gasteiger partial charge in [-0.1, -0.05) is 18.7 Å². The van der Waals surface area contributed by atoms with Gasteiger partial charge in [0.05, 0.1) is 17.5 Å². The maximum Gasteiger partial charge on any atom is 0.238 e. The topological polar surface area (TPSA) is 90.5 Å². The van der Waals surface area contributed by atoms with Crippen molar-refractivity contribution in [3.05, 3.63) is 36.8 Å². The average Bonchev–Trinajstić information content (AvgIpc) is 3.33. The lowest BCUT2D eigenvalue weighted by molar-refractivity contribution is -0.115. The Labute approximate surface area is 174 Å². The highest BCUT2D eigenvalue weighted by Crippen LogP contribution is 2.41. The summed E-state index contributed by atoms with van der Waals surface area (Å²) in [6.07, 6.45) is 8.38. The minimum Gasteiger partial charge on any atom is -0.310 e. The molecule has 0 saturated heterocycles. The quantitative estimate of drug-likeness (QED) is 0.564. The standard InChI is InChI=1S/C20H25N7OS/c1-4-13(2)27-17(9-12-22-27)23-19(28)14(3)29-20-25-24-18(26(20)16-5-6-16)15-7-10-21-11-8-15/h7-14,16H,4-6H2,1-3H3,(H,23,28)/t13-,14+/m0/s1. The van der Waals surface area contributed by atoms with Crippen LogP contribution in [0.25, 0.3) is 11.4 Å². The van der Waals surface area contributed by atoms with Crippen LogP contribution in [0.2, 0.25) is 0 Å². The van der Waals surface area contributed by atoms with Crippen LogP contribution in [0, 0.1) is 0 Å². The molecule has 8 nitrogen and oxygen atoms in total. The number of pyridine rings is 1. The second-order valence-corrected chi connectivity index (χ2v) is 8.62. The number of aromatic nitrogens is 6. The predicted octanol–water partition coefficient (Wildman–Crippen LogP) is 3.96. The van der Waals surface area contributed by atoms with Crippen molar-refractivity contribution in [2.45, 2.75) is 62.5 Å². The molecule has 0 radical (unpaired) electrons. The fraction of sp³-hybridized carbons (Fsp3) is 0.450. The van der Waals surface area contributed by atoms with Gasteiger partial charge in [0.25, 0.3) is 0 Å². The summed E-state index contributed by atoms with van der Waals surface area (Å²) in [5.41, 5.74) is 0.987. The molecule has 3 aromatic rings. The molecule has 3 aromatic heterocycles. The van der Waals surface area contributed by atoms with Gasteiger partial charge in [0, 0.05) is 30.1 Å². The van der Waals surface area contributed by atoms with E-state index in [1.165, 1.54) is 11.8 Å². The first-order valence-corrected chi connectivity index (χ1v) is 10.8. The molecule has 3 heterocycles. The molecule has 152 valence electrons. The summed E-state index contributed by atoms with van der Waals surface area (Å²) >= 11 is 1.44. The molecule has 1 saturated carbocycles. The van der Waals surface area contributed by atoms with Gasteiger partial charge in [-0.25, -0.2) is 4.68 Å². The van der Waals surface area contributed by atoms with Gasteiger partial charge in [0.2, 0.25) is 5.91 Å². The van der Waals surface area contributed by atoms with Crippen molar-refractivity contribution in [3.63, 3.8) is 0 Å². The Hall–Kier alpha value is -2.68. The van der Waals surface area contributed by atoms with Gasteiger partial charge in [-0.05, 0) is 45.2 Å². The van der Waals surface area contributed by atoms with E-state index in [0.717, 1.165) is 41.6 Å². The first-order chi connectivity index (χ1) is 14.1. The zero-order valence-electron chi connectivity index (χ0n) is 16.8. The minimum atomic E-state index is -0.317. The van der Waals surface area contributed by atoms with Crippen molar-refractivity contribution < 1.29 is 4.79 Å². The summed E-state index contributed by atoms with van der Waals surface area (Å²) in [7, 11) is 0. The third-order valence-corrected chi connectivity index (χ3v) is 6.15. The van der Waals surface area contributed by atoms with Crippen LogP contribution in [0.3, 0.4) is 0 Å². The third kappa shape index (κ3) is 4.19. The molecule has 0 unspecified atom stereocenters. The Morgan fingerprint density at radius 2 is 1.97 bits per heavy atom. The fourth-order valence-corrected chi connectivity index (χ4v) is 4.01. The molecule has 1 N–H and O–H groups in total. The Bertz CT molecular complexity index is 980. The normalized spacial score (nSPS) is 15.8. The molecule has 4 rings (SSSR count). The first-order valence-electron chi connectivity index (χ1n) is 9.94. The van der Waals surface area contributed by atoms with Crippen LogP contribution in [0.5, 0.6) is 0 Å². The molecule has 0 spiro atoms. The number of amides is 1. The van der Waals surface area contributed by atoms with Crippen molar-refractivity contribution in [1.29, 1.82) is 0 Å². The van der Waals surface area contributed by atoms with E-state index >= 15 is 0 Å². The van der Waals surface area contributed by atoms with Gasteiger partial charge in [0.1, 0.15) is 5.82 Å². The minimum absolute atomic E-state index is 0.0733. The molecule has 9 heteroatoms. The highest BCUT2D eigenvalue weighted by Gasteiger charge is 2.31. The van der Waals surface area contributed by atoms with Gasteiger partial charge in [0.15, 0.2) is 11.0 Å². The van der Waals surface area contributed by atoms with Crippen LogP contribution in [-0.4, -0.2) is 40.7 Å². The number of hydrogen-bond acceptors (Lipinski definition) is 6. The molecule has 1 fully saturated rings. The van der Waals surface area contributed by atoms with E-state index in [2.05, 4.69) is 44.0 Å². The van der Waals surface area contributed by atoms with Crippen molar-refractivity contribution in [2.24, 2.45) is 0 Å². The van der Waals surface area contributed by atoms with E-state index in [1.54, 1.807) is 18.6 Å². The molecule has 1 aliphatic carbocycles. The predicted molar refractivity (Wildman–Crippen MR) is 113 cm³/mol. The Kier molecular flexibility index (Phi) is 5.66. The smallest absolute Gasteiger partial charge is 0.238 e. The molecule has 0 bridgehead atoms. The lowest BCUT2D eigenvalue weighted by atomic mass is 10.2. The molecule has 29 heavy (non-hydrogen) atoms. The van der Waals surface area contributed by atoms with Crippen molar-refractivity contribution in [2.75, 3.05) is 5.32 Å². The number of thioether (sulfide) groups is 1. The largest absolute Gasteiger partial charge is 0.310 e. The van der Waals surface area contributed by atoms with Crippen LogP contribution in [0.1, 0.15) is 52.1 Å². The second kappa shape index (κ2) is 8.36. The zero-order valence-corrected chi connectivity index (χ0v) is 17.6. The van der Waals surface area contributed by atoms with Crippen LogP contribution in [0.4, 0.5) is 5.82 Å². The number of nitrogens with one attached hydrogen (secondary N) is 1. The molecule has 1 aliphatic rings. The van der Waals surface area contributed by atoms with Gasteiger partial charge in [-0.2, -0.15) is 5.10 Å². The summed E-state index contributed by atoms with van der Waals surface area (Å²) in [6.45, 7) is 6.07. The number of anilines is 1. The first kappa shape index (κ1) is 19.6. The zero-order chi connectivity index (χ0) is 20.4. The van der Waals surface area contributed by atoms with Crippen molar-refractivity contribution in [3.8, 4) is 11.4 Å². The second-order valence-electron chi connectivity index (χ2n) is 7.31. The number of rotatable bonds is 8. The SMILES string of the molecule is CC[C@H](C)n1nccc1NC(=O)[C@@H](C)Sc1nnc(-c2ccncc2)n1C1CC1. The lowest BCUT2D eigenvalue weighted by Crippen LogP contribution is -2.25. The van der Waals surface area contributed by atoms with Crippen LogP contribution in [0.15, 0.2) is 41.9 Å². The molecule has 2 atom stereocenters. The average molecular weight is 412 g/mol. The van der Waals surface area contributed by atoms with E-state index in [9.17, 15) is 4.79 Å². The lowest BCUT2D eigenvalue weighted by Gasteiger charge is -2.16. The number of hydrogen-bond donors (Lipinski definition) is 1. The molecular weight excluding hydrogens is 386 g/mol. The van der Waals surface area contributed by atoms with Gasteiger partial charge in [-0.15, -0.1) is 10.2 Å². The summed E-state index contributed by atoms with van der Waals surface area (Å²) in [5, 5.41) is 16.6. The highest BCUT2D eigenvalue weighted by molar-refractivity contribution is 8.00. The Balaban J connectivity index is 1.50. The van der Waals surface area contributed by atoms with E-state index in [1.807, 2.05) is 29.8 Å². The number of carbonyl (C=O) groups excluding carboxylic acids is 1. The summed E-state index contributed by atoms with van der Waals surface area (Å²) in [5.74, 6) is 1.48. The van der Waals surface area contributed by atoms with E-state index < -0.39 is 0 Å². The summed E-state index contributed by atoms with van der Waals surface area (Å²) in [6, 6.07) is 6.32.